The van der Waals surface area contributed by atoms with Crippen LogP contribution < -0.4 is 10.1 Å². The molecule has 0 saturated carbocycles. The van der Waals surface area contributed by atoms with Crippen molar-refractivity contribution in [3.8, 4) is 5.75 Å². The second kappa shape index (κ2) is 6.02. The van der Waals surface area contributed by atoms with Gasteiger partial charge in [0, 0.05) is 11.5 Å². The second-order valence-corrected chi connectivity index (χ2v) is 5.87. The highest BCUT2D eigenvalue weighted by atomic mass is 79.9. The average molecular weight is 336 g/mol. The molecule has 3 rings (SSSR count). The van der Waals surface area contributed by atoms with E-state index in [1.54, 1.807) is 6.26 Å². The van der Waals surface area contributed by atoms with Crippen molar-refractivity contribution in [3.05, 3.63) is 52.4 Å². The van der Waals surface area contributed by atoms with Crippen molar-refractivity contribution in [1.29, 1.82) is 0 Å². The van der Waals surface area contributed by atoms with Crippen LogP contribution in [0.5, 0.6) is 5.75 Å². The fraction of sp³-hybridized carbons (Fsp3) is 0.375. The van der Waals surface area contributed by atoms with Gasteiger partial charge in [0.15, 0.2) is 0 Å². The molecule has 2 aromatic rings. The van der Waals surface area contributed by atoms with Gasteiger partial charge in [0.1, 0.15) is 11.5 Å². The highest BCUT2D eigenvalue weighted by Gasteiger charge is 2.34. The van der Waals surface area contributed by atoms with E-state index in [0.717, 1.165) is 28.9 Å². The lowest BCUT2D eigenvalue weighted by Crippen LogP contribution is -2.28. The number of fused-ring (bicyclic) bond motifs is 1. The maximum Gasteiger partial charge on any atom is 0.135 e. The molecule has 0 bridgehead atoms. The van der Waals surface area contributed by atoms with Crippen molar-refractivity contribution in [2.24, 2.45) is 0 Å². The van der Waals surface area contributed by atoms with Crippen molar-refractivity contribution in [2.45, 2.75) is 25.3 Å². The first-order chi connectivity index (χ1) is 9.81. The SMILES string of the molecule is CCCNC(c1occc1Br)C1COc2ccccc21. The molecule has 0 amide bonds. The predicted octanol–water partition coefficient (Wildman–Crippen LogP) is 4.26. The molecule has 1 N–H and O–H groups in total. The summed E-state index contributed by atoms with van der Waals surface area (Å²) in [6.07, 6.45) is 2.81. The normalized spacial score (nSPS) is 18.6. The Labute approximate surface area is 127 Å². The molecule has 3 nitrogen and oxygen atoms in total. The molecule has 0 saturated heterocycles. The van der Waals surface area contributed by atoms with Crippen LogP contribution in [0.15, 0.2) is 45.5 Å². The maximum absolute atomic E-state index is 5.81. The Hall–Kier alpha value is -1.26. The monoisotopic (exact) mass is 335 g/mol. The highest BCUT2D eigenvalue weighted by molar-refractivity contribution is 9.10. The summed E-state index contributed by atoms with van der Waals surface area (Å²) < 4.78 is 12.5. The van der Waals surface area contributed by atoms with Crippen LogP contribution in [0.3, 0.4) is 0 Å². The minimum Gasteiger partial charge on any atom is -0.493 e. The Balaban J connectivity index is 1.93. The molecule has 0 spiro atoms. The fourth-order valence-corrected chi connectivity index (χ4v) is 3.16. The van der Waals surface area contributed by atoms with Gasteiger partial charge in [-0.25, -0.2) is 0 Å². The Bertz CT molecular complexity index is 581. The van der Waals surface area contributed by atoms with Crippen LogP contribution in [0.4, 0.5) is 0 Å². The molecular weight excluding hydrogens is 318 g/mol. The van der Waals surface area contributed by atoms with E-state index in [1.165, 1.54) is 5.56 Å². The van der Waals surface area contributed by atoms with Crippen molar-refractivity contribution in [1.82, 2.24) is 5.32 Å². The minimum absolute atomic E-state index is 0.128. The topological polar surface area (TPSA) is 34.4 Å². The molecule has 106 valence electrons. The number of ether oxygens (including phenoxy) is 1. The standard InChI is InChI=1S/C16H18BrNO2/c1-2-8-18-15(16-13(17)7-9-19-16)12-10-20-14-6-4-3-5-11(12)14/h3-7,9,12,15,18H,2,8,10H2,1H3. The molecule has 0 aliphatic carbocycles. The van der Waals surface area contributed by atoms with Crippen LogP contribution in [-0.4, -0.2) is 13.2 Å². The fourth-order valence-electron chi connectivity index (χ4n) is 2.71. The number of rotatable bonds is 5. The van der Waals surface area contributed by atoms with Gasteiger partial charge in [-0.3, -0.25) is 0 Å². The van der Waals surface area contributed by atoms with E-state index < -0.39 is 0 Å². The van der Waals surface area contributed by atoms with Gasteiger partial charge in [0.05, 0.1) is 23.4 Å². The summed E-state index contributed by atoms with van der Waals surface area (Å²) in [5.74, 6) is 2.22. The first-order valence-corrected chi connectivity index (χ1v) is 7.78. The van der Waals surface area contributed by atoms with Gasteiger partial charge in [-0.15, -0.1) is 0 Å². The van der Waals surface area contributed by atoms with Crippen molar-refractivity contribution < 1.29 is 9.15 Å². The van der Waals surface area contributed by atoms with Crippen LogP contribution in [0.25, 0.3) is 0 Å². The van der Waals surface area contributed by atoms with Crippen molar-refractivity contribution in [2.75, 3.05) is 13.2 Å². The van der Waals surface area contributed by atoms with Gasteiger partial charge in [-0.1, -0.05) is 25.1 Å². The summed E-state index contributed by atoms with van der Waals surface area (Å²) >= 11 is 3.57. The van der Waals surface area contributed by atoms with Gasteiger partial charge in [-0.2, -0.15) is 0 Å². The maximum atomic E-state index is 5.81. The van der Waals surface area contributed by atoms with E-state index in [1.807, 2.05) is 18.2 Å². The summed E-state index contributed by atoms with van der Waals surface area (Å²) in [7, 11) is 0. The second-order valence-electron chi connectivity index (χ2n) is 5.02. The molecule has 1 aromatic heterocycles. The summed E-state index contributed by atoms with van der Waals surface area (Å²) in [6, 6.07) is 10.3. The van der Waals surface area contributed by atoms with E-state index in [-0.39, 0.29) is 12.0 Å². The third kappa shape index (κ3) is 2.50. The summed E-state index contributed by atoms with van der Waals surface area (Å²) in [4.78, 5) is 0. The van der Waals surface area contributed by atoms with Crippen LogP contribution in [0, 0.1) is 0 Å². The molecule has 1 aliphatic heterocycles. The Morgan fingerprint density at radius 3 is 2.95 bits per heavy atom. The zero-order chi connectivity index (χ0) is 13.9. The molecule has 4 heteroatoms. The number of nitrogens with one attached hydrogen (secondary N) is 1. The largest absolute Gasteiger partial charge is 0.493 e. The van der Waals surface area contributed by atoms with Crippen LogP contribution in [0.1, 0.15) is 36.6 Å². The first-order valence-electron chi connectivity index (χ1n) is 6.99. The highest BCUT2D eigenvalue weighted by Crippen LogP contribution is 2.42. The molecular formula is C16H18BrNO2. The van der Waals surface area contributed by atoms with Gasteiger partial charge >= 0.3 is 0 Å². The predicted molar refractivity (Wildman–Crippen MR) is 82.1 cm³/mol. The van der Waals surface area contributed by atoms with Crippen LogP contribution in [-0.2, 0) is 0 Å². The van der Waals surface area contributed by atoms with E-state index >= 15 is 0 Å². The quantitative estimate of drug-likeness (QED) is 0.886. The number of halogens is 1. The summed E-state index contributed by atoms with van der Waals surface area (Å²) in [6.45, 7) is 3.81. The Morgan fingerprint density at radius 2 is 2.20 bits per heavy atom. The molecule has 0 radical (unpaired) electrons. The Morgan fingerprint density at radius 1 is 1.35 bits per heavy atom. The molecule has 0 fully saturated rings. The van der Waals surface area contributed by atoms with E-state index in [4.69, 9.17) is 9.15 Å². The van der Waals surface area contributed by atoms with E-state index in [2.05, 4.69) is 40.3 Å². The van der Waals surface area contributed by atoms with E-state index in [9.17, 15) is 0 Å². The number of benzene rings is 1. The molecule has 1 aliphatic rings. The lowest BCUT2D eigenvalue weighted by atomic mass is 9.91. The number of furan rings is 1. The smallest absolute Gasteiger partial charge is 0.135 e. The molecule has 1 aromatic carbocycles. The summed E-state index contributed by atoms with van der Waals surface area (Å²) in [5, 5.41) is 3.59. The molecule has 2 atom stereocenters. The van der Waals surface area contributed by atoms with Gasteiger partial charge in [-0.05, 0) is 41.0 Å². The minimum atomic E-state index is 0.128. The lowest BCUT2D eigenvalue weighted by molar-refractivity contribution is 0.281. The third-order valence-electron chi connectivity index (χ3n) is 3.68. The van der Waals surface area contributed by atoms with E-state index in [0.29, 0.717) is 6.61 Å². The van der Waals surface area contributed by atoms with Crippen molar-refractivity contribution in [3.63, 3.8) is 0 Å². The number of hydrogen-bond acceptors (Lipinski definition) is 3. The molecule has 2 unspecified atom stereocenters. The van der Waals surface area contributed by atoms with Gasteiger partial charge in [0.2, 0.25) is 0 Å². The van der Waals surface area contributed by atoms with Crippen molar-refractivity contribution >= 4 is 15.9 Å². The number of hydrogen-bond donors (Lipinski definition) is 1. The average Bonchev–Trinajstić information content (AvgIpc) is 3.07. The zero-order valence-electron chi connectivity index (χ0n) is 11.4. The zero-order valence-corrected chi connectivity index (χ0v) is 13.0. The van der Waals surface area contributed by atoms with Gasteiger partial charge in [0.25, 0.3) is 0 Å². The summed E-state index contributed by atoms with van der Waals surface area (Å²) in [5.41, 5.74) is 1.25. The first kappa shape index (κ1) is 13.7. The Kier molecular flexibility index (Phi) is 4.13. The lowest BCUT2D eigenvalue weighted by Gasteiger charge is -2.22. The van der Waals surface area contributed by atoms with Gasteiger partial charge < -0.3 is 14.5 Å². The molecule has 2 heterocycles. The third-order valence-corrected chi connectivity index (χ3v) is 4.34. The van der Waals surface area contributed by atoms with Crippen LogP contribution >= 0.6 is 15.9 Å². The number of para-hydroxylation sites is 1. The van der Waals surface area contributed by atoms with Crippen LogP contribution in [0.2, 0.25) is 0 Å². The molecule has 20 heavy (non-hydrogen) atoms.